The average Bonchev–Trinajstić information content (AvgIpc) is 3.27. The van der Waals surface area contributed by atoms with Crippen molar-refractivity contribution in [3.05, 3.63) is 102 Å². The number of amides is 1. The number of methoxy groups -OCH3 is 1. The Morgan fingerprint density at radius 3 is 2.30 bits per heavy atom. The molecule has 0 saturated carbocycles. The number of esters is 1. The smallest absolute Gasteiger partial charge is 0.328 e. The summed E-state index contributed by atoms with van der Waals surface area (Å²) in [7, 11) is 1.34. The highest BCUT2D eigenvalue weighted by Gasteiger charge is 2.25. The summed E-state index contributed by atoms with van der Waals surface area (Å²) in [5.74, 6) is -1.26. The number of thiophene rings is 1. The number of ether oxygens (including phenoxy) is 1. The number of hydrogen-bond acceptors (Lipinski definition) is 4. The third kappa shape index (κ3) is 5.49. The van der Waals surface area contributed by atoms with E-state index in [9.17, 15) is 9.59 Å². The number of hydrogen-bond donors (Lipinski definition) is 1. The molecule has 0 aliphatic rings. The minimum atomic E-state index is -0.759. The van der Waals surface area contributed by atoms with Crippen molar-refractivity contribution in [1.82, 2.24) is 5.32 Å². The van der Waals surface area contributed by atoms with Gasteiger partial charge in [0.2, 0.25) is 5.91 Å². The average molecular weight is 457 g/mol. The van der Waals surface area contributed by atoms with Gasteiger partial charge in [-0.15, -0.1) is 11.3 Å². The van der Waals surface area contributed by atoms with Crippen LogP contribution in [0.3, 0.4) is 0 Å². The number of benzene rings is 3. The fourth-order valence-corrected chi connectivity index (χ4v) is 4.85. The van der Waals surface area contributed by atoms with Crippen molar-refractivity contribution in [1.29, 1.82) is 0 Å². The summed E-state index contributed by atoms with van der Waals surface area (Å²) in [5.41, 5.74) is 4.31. The Hall–Kier alpha value is -3.44. The first-order valence-corrected chi connectivity index (χ1v) is 11.7. The molecule has 33 heavy (non-hydrogen) atoms. The Labute approximate surface area is 198 Å². The highest BCUT2D eigenvalue weighted by atomic mass is 32.1. The molecule has 0 fully saturated rings. The van der Waals surface area contributed by atoms with E-state index in [0.29, 0.717) is 12.8 Å². The second-order valence-corrected chi connectivity index (χ2v) is 8.92. The van der Waals surface area contributed by atoms with Crippen LogP contribution in [-0.4, -0.2) is 25.0 Å². The summed E-state index contributed by atoms with van der Waals surface area (Å²) in [6.07, 6.45) is 0.858. The Balaban J connectivity index is 1.41. The van der Waals surface area contributed by atoms with Crippen LogP contribution in [0.25, 0.3) is 21.2 Å². The normalized spacial score (nSPS) is 12.8. The maximum atomic E-state index is 12.9. The quantitative estimate of drug-likeness (QED) is 0.358. The van der Waals surface area contributed by atoms with Crippen molar-refractivity contribution in [3.63, 3.8) is 0 Å². The monoisotopic (exact) mass is 456 g/mol. The fourth-order valence-electron chi connectivity index (χ4n) is 3.88. The molecule has 4 aromatic rings. The van der Waals surface area contributed by atoms with Gasteiger partial charge in [0.05, 0.1) is 7.11 Å². The van der Waals surface area contributed by atoms with Gasteiger partial charge in [-0.2, -0.15) is 0 Å². The minimum absolute atomic E-state index is 0.267. The van der Waals surface area contributed by atoms with Crippen LogP contribution in [0.2, 0.25) is 0 Å². The van der Waals surface area contributed by atoms with E-state index in [1.54, 1.807) is 11.3 Å². The van der Waals surface area contributed by atoms with Gasteiger partial charge in [0, 0.05) is 17.0 Å². The zero-order valence-corrected chi connectivity index (χ0v) is 19.3. The molecule has 3 aromatic carbocycles. The van der Waals surface area contributed by atoms with E-state index in [0.717, 1.165) is 32.3 Å². The van der Waals surface area contributed by atoms with Crippen molar-refractivity contribution < 1.29 is 14.3 Å². The van der Waals surface area contributed by atoms with Gasteiger partial charge in [-0.25, -0.2) is 4.79 Å². The number of carbonyl (C=O) groups is 2. The summed E-state index contributed by atoms with van der Waals surface area (Å²) >= 11 is 1.62. The van der Waals surface area contributed by atoms with Crippen molar-refractivity contribution in [3.8, 4) is 11.1 Å². The van der Waals surface area contributed by atoms with Gasteiger partial charge < -0.3 is 10.1 Å². The molecule has 5 heteroatoms. The van der Waals surface area contributed by atoms with Gasteiger partial charge in [-0.1, -0.05) is 72.8 Å². The third-order valence-corrected chi connectivity index (χ3v) is 6.71. The van der Waals surface area contributed by atoms with E-state index in [1.807, 2.05) is 72.1 Å². The summed E-state index contributed by atoms with van der Waals surface area (Å²) < 4.78 is 6.11. The first-order valence-electron chi connectivity index (χ1n) is 10.9. The molecule has 0 saturated heterocycles. The van der Waals surface area contributed by atoms with Gasteiger partial charge in [0.15, 0.2) is 0 Å². The summed E-state index contributed by atoms with van der Waals surface area (Å²) in [6.45, 7) is 4.04. The molecule has 1 radical (unpaired) electrons. The SMILES string of the molecule is [CH2][C@@H](Cc1ccc(-c2ccccc2)cc1)C(=O)N[C@@H](Cc1csc2ccccc12)C(=O)OC. The maximum Gasteiger partial charge on any atom is 0.328 e. The number of fused-ring (bicyclic) bond motifs is 1. The zero-order chi connectivity index (χ0) is 23.2. The van der Waals surface area contributed by atoms with Crippen LogP contribution < -0.4 is 5.32 Å². The van der Waals surface area contributed by atoms with E-state index in [2.05, 4.69) is 24.4 Å². The molecule has 1 amide bonds. The molecular weight excluding hydrogens is 430 g/mol. The molecule has 167 valence electrons. The van der Waals surface area contributed by atoms with E-state index in [-0.39, 0.29) is 5.91 Å². The van der Waals surface area contributed by atoms with E-state index >= 15 is 0 Å². The van der Waals surface area contributed by atoms with Gasteiger partial charge in [0.25, 0.3) is 0 Å². The van der Waals surface area contributed by atoms with Crippen molar-refractivity contribution in [2.24, 2.45) is 5.92 Å². The predicted molar refractivity (Wildman–Crippen MR) is 134 cm³/mol. The van der Waals surface area contributed by atoms with Gasteiger partial charge in [-0.3, -0.25) is 4.79 Å². The topological polar surface area (TPSA) is 55.4 Å². The Morgan fingerprint density at radius 1 is 0.909 bits per heavy atom. The number of rotatable bonds is 8. The summed E-state index contributed by atoms with van der Waals surface area (Å²) in [5, 5.41) is 5.98. The number of nitrogens with one attached hydrogen (secondary N) is 1. The first kappa shape index (κ1) is 22.7. The Bertz CT molecular complexity index is 1230. The molecule has 1 N–H and O–H groups in total. The van der Waals surface area contributed by atoms with Crippen molar-refractivity contribution in [2.75, 3.05) is 7.11 Å². The maximum absolute atomic E-state index is 12.9. The Morgan fingerprint density at radius 2 is 1.58 bits per heavy atom. The molecule has 4 nitrogen and oxygen atoms in total. The molecule has 0 spiro atoms. The van der Waals surface area contributed by atoms with Crippen LogP contribution in [-0.2, 0) is 27.2 Å². The zero-order valence-electron chi connectivity index (χ0n) is 18.5. The summed E-state index contributed by atoms with van der Waals surface area (Å²) in [6, 6.07) is 25.6. The highest BCUT2D eigenvalue weighted by molar-refractivity contribution is 7.17. The molecule has 2 atom stereocenters. The largest absolute Gasteiger partial charge is 0.467 e. The molecule has 0 aliphatic heterocycles. The van der Waals surface area contributed by atoms with E-state index in [4.69, 9.17) is 4.74 Å². The molecule has 4 rings (SSSR count). The van der Waals surface area contributed by atoms with Crippen LogP contribution in [0.5, 0.6) is 0 Å². The van der Waals surface area contributed by atoms with Gasteiger partial charge >= 0.3 is 5.97 Å². The molecule has 0 aliphatic carbocycles. The first-order chi connectivity index (χ1) is 16.0. The molecular formula is C28H26NO3S. The van der Waals surface area contributed by atoms with Crippen LogP contribution >= 0.6 is 11.3 Å². The standard InChI is InChI=1S/C28H26NO3S/c1-19(16-20-12-14-22(15-13-20)21-8-4-3-5-9-21)27(30)29-25(28(31)32-2)17-23-18-33-26-11-7-6-10-24(23)26/h3-15,18-19,25H,1,16-17H2,2H3,(H,29,30)/t19-,25-/m0/s1. The predicted octanol–water partition coefficient (Wildman–Crippen LogP) is 5.46. The van der Waals surface area contributed by atoms with Crippen LogP contribution in [0.4, 0.5) is 0 Å². The van der Waals surface area contributed by atoms with Gasteiger partial charge in [-0.05, 0) is 52.4 Å². The van der Waals surface area contributed by atoms with E-state index in [1.165, 1.54) is 7.11 Å². The van der Waals surface area contributed by atoms with Crippen molar-refractivity contribution in [2.45, 2.75) is 18.9 Å². The minimum Gasteiger partial charge on any atom is -0.467 e. The molecule has 1 heterocycles. The fraction of sp³-hybridized carbons (Fsp3) is 0.179. The van der Waals surface area contributed by atoms with Crippen molar-refractivity contribution >= 4 is 33.3 Å². The molecule has 0 bridgehead atoms. The van der Waals surface area contributed by atoms with Crippen LogP contribution in [0, 0.1) is 12.8 Å². The lowest BCUT2D eigenvalue weighted by atomic mass is 9.97. The lowest BCUT2D eigenvalue weighted by Crippen LogP contribution is -2.45. The lowest BCUT2D eigenvalue weighted by molar-refractivity contribution is -0.145. The van der Waals surface area contributed by atoms with E-state index < -0.39 is 17.9 Å². The Kier molecular flexibility index (Phi) is 7.20. The lowest BCUT2D eigenvalue weighted by Gasteiger charge is -2.19. The molecule has 0 unspecified atom stereocenters. The summed E-state index contributed by atoms with van der Waals surface area (Å²) in [4.78, 5) is 25.3. The molecule has 1 aromatic heterocycles. The third-order valence-electron chi connectivity index (χ3n) is 5.70. The van der Waals surface area contributed by atoms with Crippen LogP contribution in [0.15, 0.2) is 84.2 Å². The van der Waals surface area contributed by atoms with Crippen LogP contribution in [0.1, 0.15) is 11.1 Å². The second kappa shape index (κ2) is 10.5. The number of carbonyl (C=O) groups excluding carboxylic acids is 2. The van der Waals surface area contributed by atoms with Gasteiger partial charge in [0.1, 0.15) is 6.04 Å². The second-order valence-electron chi connectivity index (χ2n) is 8.01. The highest BCUT2D eigenvalue weighted by Crippen LogP contribution is 2.27.